The van der Waals surface area contributed by atoms with Crippen LogP contribution in [-0.4, -0.2) is 57.9 Å². The number of nitrogens with zero attached hydrogens (tertiary/aromatic N) is 2. The van der Waals surface area contributed by atoms with Gasteiger partial charge in [0.25, 0.3) is 0 Å². The van der Waals surface area contributed by atoms with Crippen molar-refractivity contribution in [2.45, 2.75) is 30.3 Å². The summed E-state index contributed by atoms with van der Waals surface area (Å²) in [5.41, 5.74) is 1.06. The van der Waals surface area contributed by atoms with E-state index in [-0.39, 0.29) is 0 Å². The molecule has 1 saturated heterocycles. The summed E-state index contributed by atoms with van der Waals surface area (Å²) >= 11 is 0. The van der Waals surface area contributed by atoms with Gasteiger partial charge in [0.05, 0.1) is 4.90 Å². The molecule has 1 unspecified atom stereocenters. The first-order valence-electron chi connectivity index (χ1n) is 7.35. The summed E-state index contributed by atoms with van der Waals surface area (Å²) in [6.45, 7) is 2.87. The molecule has 0 saturated carbocycles. The number of likely N-dealkylation sites (tertiary alicyclic amines) is 1. The second-order valence-electron chi connectivity index (χ2n) is 5.76. The number of nitrogens with one attached hydrogen (secondary N) is 1. The highest BCUT2D eigenvalue weighted by Gasteiger charge is 2.24. The van der Waals surface area contributed by atoms with E-state index in [2.05, 4.69) is 10.2 Å². The molecule has 0 aliphatic carbocycles. The van der Waals surface area contributed by atoms with Crippen LogP contribution in [0.4, 0.5) is 0 Å². The Labute approximate surface area is 128 Å². The summed E-state index contributed by atoms with van der Waals surface area (Å²) in [6.07, 6.45) is 2.42. The third-order valence-corrected chi connectivity index (χ3v) is 5.81. The van der Waals surface area contributed by atoms with Gasteiger partial charge in [-0.25, -0.2) is 12.7 Å². The maximum atomic E-state index is 12.2. The van der Waals surface area contributed by atoms with Crippen molar-refractivity contribution in [2.75, 3.05) is 34.2 Å². The first-order chi connectivity index (χ1) is 9.95. The van der Waals surface area contributed by atoms with E-state index >= 15 is 0 Å². The molecule has 2 rings (SSSR count). The highest BCUT2D eigenvalue weighted by Crippen LogP contribution is 2.21. The highest BCUT2D eigenvalue weighted by atomic mass is 32.2. The van der Waals surface area contributed by atoms with Crippen LogP contribution in [-0.2, 0) is 16.6 Å². The monoisotopic (exact) mass is 311 g/mol. The molecule has 21 heavy (non-hydrogen) atoms. The Bertz CT molecular complexity index is 572. The van der Waals surface area contributed by atoms with Gasteiger partial charge in [0.1, 0.15) is 0 Å². The number of hydrogen-bond acceptors (Lipinski definition) is 4. The van der Waals surface area contributed by atoms with Gasteiger partial charge in [-0.2, -0.15) is 0 Å². The molecule has 0 spiro atoms. The van der Waals surface area contributed by atoms with Crippen molar-refractivity contribution >= 4 is 10.0 Å². The van der Waals surface area contributed by atoms with Crippen LogP contribution in [0.2, 0.25) is 0 Å². The van der Waals surface area contributed by atoms with Gasteiger partial charge in [-0.3, -0.25) is 4.90 Å². The molecule has 1 aromatic rings. The molecule has 118 valence electrons. The van der Waals surface area contributed by atoms with Gasteiger partial charge in [-0.05, 0) is 44.1 Å². The zero-order valence-electron chi connectivity index (χ0n) is 13.0. The molecule has 0 radical (unpaired) electrons. The van der Waals surface area contributed by atoms with Crippen LogP contribution in [0, 0.1) is 0 Å². The highest BCUT2D eigenvalue weighted by molar-refractivity contribution is 7.89. The SMILES string of the molecule is CNCC1CCCN1Cc1cccc(S(=O)(=O)N(C)C)c1. The van der Waals surface area contributed by atoms with Crippen molar-refractivity contribution in [3.05, 3.63) is 29.8 Å². The van der Waals surface area contributed by atoms with Gasteiger partial charge >= 0.3 is 0 Å². The van der Waals surface area contributed by atoms with Crippen molar-refractivity contribution in [1.29, 1.82) is 0 Å². The third kappa shape index (κ3) is 3.83. The smallest absolute Gasteiger partial charge is 0.242 e. The zero-order valence-corrected chi connectivity index (χ0v) is 13.9. The van der Waals surface area contributed by atoms with Gasteiger partial charge in [-0.15, -0.1) is 0 Å². The normalized spacial score (nSPS) is 20.3. The summed E-state index contributed by atoms with van der Waals surface area (Å²) in [5, 5.41) is 3.23. The number of rotatable bonds is 6. The molecule has 1 N–H and O–H groups in total. The maximum absolute atomic E-state index is 12.2. The van der Waals surface area contributed by atoms with Gasteiger partial charge in [-0.1, -0.05) is 12.1 Å². The standard InChI is InChI=1S/C15H25N3O2S/c1-16-11-14-7-5-9-18(14)12-13-6-4-8-15(10-13)21(19,20)17(2)3/h4,6,8,10,14,16H,5,7,9,11-12H2,1-3H3. The predicted molar refractivity (Wildman–Crippen MR) is 84.7 cm³/mol. The minimum absolute atomic E-state index is 0.370. The lowest BCUT2D eigenvalue weighted by Gasteiger charge is -2.24. The van der Waals surface area contributed by atoms with Crippen LogP contribution in [0.25, 0.3) is 0 Å². The van der Waals surface area contributed by atoms with Crippen LogP contribution in [0.3, 0.4) is 0 Å². The number of sulfonamides is 1. The number of benzene rings is 1. The molecule has 6 heteroatoms. The van der Waals surface area contributed by atoms with E-state index in [1.54, 1.807) is 26.2 Å². The van der Waals surface area contributed by atoms with Crippen molar-refractivity contribution in [3.63, 3.8) is 0 Å². The van der Waals surface area contributed by atoms with E-state index in [4.69, 9.17) is 0 Å². The average molecular weight is 311 g/mol. The van der Waals surface area contributed by atoms with E-state index in [1.165, 1.54) is 17.1 Å². The largest absolute Gasteiger partial charge is 0.318 e. The molecular weight excluding hydrogens is 286 g/mol. The van der Waals surface area contributed by atoms with E-state index in [1.807, 2.05) is 19.2 Å². The fourth-order valence-electron chi connectivity index (χ4n) is 2.82. The van der Waals surface area contributed by atoms with E-state index in [0.29, 0.717) is 10.9 Å². The molecule has 1 fully saturated rings. The predicted octanol–water partition coefficient (Wildman–Crippen LogP) is 1.12. The third-order valence-electron chi connectivity index (χ3n) is 4.00. The molecule has 1 heterocycles. The zero-order chi connectivity index (χ0) is 15.5. The fourth-order valence-corrected chi connectivity index (χ4v) is 3.79. The Balaban J connectivity index is 2.15. The lowest BCUT2D eigenvalue weighted by molar-refractivity contribution is 0.242. The summed E-state index contributed by atoms with van der Waals surface area (Å²) < 4.78 is 25.6. The maximum Gasteiger partial charge on any atom is 0.242 e. The summed E-state index contributed by atoms with van der Waals surface area (Å²) in [5.74, 6) is 0. The summed E-state index contributed by atoms with van der Waals surface area (Å²) in [6, 6.07) is 7.83. The first-order valence-corrected chi connectivity index (χ1v) is 8.79. The molecule has 1 aliphatic rings. The Morgan fingerprint density at radius 2 is 2.14 bits per heavy atom. The molecular formula is C15H25N3O2S. The Hall–Kier alpha value is -0.950. The second-order valence-corrected chi connectivity index (χ2v) is 7.91. The molecule has 1 aromatic carbocycles. The minimum atomic E-state index is -3.35. The second kappa shape index (κ2) is 6.87. The lowest BCUT2D eigenvalue weighted by Crippen LogP contribution is -2.36. The summed E-state index contributed by atoms with van der Waals surface area (Å²) in [4.78, 5) is 2.80. The molecule has 1 aliphatic heterocycles. The van der Waals surface area contributed by atoms with Crippen molar-refractivity contribution < 1.29 is 8.42 Å². The van der Waals surface area contributed by atoms with Gasteiger partial charge < -0.3 is 5.32 Å². The van der Waals surface area contributed by atoms with Crippen LogP contribution in [0.5, 0.6) is 0 Å². The molecule has 1 atom stereocenters. The van der Waals surface area contributed by atoms with Crippen molar-refractivity contribution in [1.82, 2.24) is 14.5 Å². The number of hydrogen-bond donors (Lipinski definition) is 1. The Kier molecular flexibility index (Phi) is 5.37. The number of likely N-dealkylation sites (N-methyl/N-ethyl adjacent to an activating group) is 1. The van der Waals surface area contributed by atoms with Crippen LogP contribution in [0.1, 0.15) is 18.4 Å². The van der Waals surface area contributed by atoms with Crippen LogP contribution >= 0.6 is 0 Å². The minimum Gasteiger partial charge on any atom is -0.318 e. The Morgan fingerprint density at radius 3 is 2.81 bits per heavy atom. The van der Waals surface area contributed by atoms with E-state index < -0.39 is 10.0 Å². The van der Waals surface area contributed by atoms with Gasteiger partial charge in [0.2, 0.25) is 10.0 Å². The molecule has 0 amide bonds. The molecule has 0 aromatic heterocycles. The van der Waals surface area contributed by atoms with Gasteiger partial charge in [0.15, 0.2) is 0 Å². The quantitative estimate of drug-likeness (QED) is 0.855. The summed E-state index contributed by atoms with van der Waals surface area (Å²) in [7, 11) is 1.74. The molecule has 0 bridgehead atoms. The topological polar surface area (TPSA) is 52.7 Å². The van der Waals surface area contributed by atoms with E-state index in [9.17, 15) is 8.42 Å². The molecule has 5 nitrogen and oxygen atoms in total. The van der Waals surface area contributed by atoms with Gasteiger partial charge in [0, 0.05) is 33.2 Å². The van der Waals surface area contributed by atoms with Crippen LogP contribution < -0.4 is 5.32 Å². The fraction of sp³-hybridized carbons (Fsp3) is 0.600. The first kappa shape index (κ1) is 16.4. The lowest BCUT2D eigenvalue weighted by atomic mass is 10.2. The Morgan fingerprint density at radius 1 is 1.38 bits per heavy atom. The van der Waals surface area contributed by atoms with Crippen molar-refractivity contribution in [3.8, 4) is 0 Å². The van der Waals surface area contributed by atoms with Crippen molar-refractivity contribution in [2.24, 2.45) is 0 Å². The van der Waals surface area contributed by atoms with Crippen LogP contribution in [0.15, 0.2) is 29.2 Å². The van der Waals surface area contributed by atoms with E-state index in [0.717, 1.165) is 25.2 Å². The average Bonchev–Trinajstić information content (AvgIpc) is 2.87.